The molecule has 0 unspecified atom stereocenters. The van der Waals surface area contributed by atoms with E-state index in [0.29, 0.717) is 4.47 Å². The number of carbonyl (C=O) groups is 1. The van der Waals surface area contributed by atoms with E-state index in [-0.39, 0.29) is 18.0 Å². The number of carboxylic acid groups (broad SMARTS) is 1. The van der Waals surface area contributed by atoms with Crippen molar-refractivity contribution in [3.8, 4) is 0 Å². The Morgan fingerprint density at radius 1 is 1.41 bits per heavy atom. The fraction of sp³-hybridized carbons (Fsp3) is 0. The van der Waals surface area contributed by atoms with Crippen molar-refractivity contribution in [1.82, 2.24) is 0 Å². The van der Waals surface area contributed by atoms with Gasteiger partial charge >= 0.3 is 5.97 Å². The average molecular weight is 332 g/mol. The molecule has 1 aromatic rings. The number of carboxylic acids is 1. The van der Waals surface area contributed by atoms with Crippen molar-refractivity contribution >= 4 is 40.0 Å². The van der Waals surface area contributed by atoms with E-state index in [2.05, 4.69) is 27.0 Å². The lowest BCUT2D eigenvalue weighted by Crippen LogP contribution is -2.16. The zero-order valence-electron chi connectivity index (χ0n) is 8.17. The number of nitrogens with zero attached hydrogens (tertiary/aromatic N) is 1. The van der Waals surface area contributed by atoms with Crippen LogP contribution < -0.4 is 5.90 Å². The molecule has 0 heterocycles. The second-order valence-corrected chi connectivity index (χ2v) is 3.29. The number of hydrogen-bond donors (Lipinski definition) is 4. The monoisotopic (exact) mass is 330 g/mol. The lowest BCUT2D eigenvalue weighted by Gasteiger charge is -2.01. The Morgan fingerprint density at radius 3 is 2.29 bits per heavy atom. The van der Waals surface area contributed by atoms with Gasteiger partial charge in [-0.2, -0.15) is 0 Å². The van der Waals surface area contributed by atoms with Gasteiger partial charge in [0.25, 0.3) is 0 Å². The van der Waals surface area contributed by atoms with E-state index < -0.39 is 17.5 Å². The predicted molar refractivity (Wildman–Crippen MR) is 63.3 cm³/mol. The number of oxime groups is 1. The number of benzene rings is 1. The summed E-state index contributed by atoms with van der Waals surface area (Å²) in [5.74, 6) is 1.24. The van der Waals surface area contributed by atoms with E-state index >= 15 is 0 Å². The first kappa shape index (κ1) is 18.2. The van der Waals surface area contributed by atoms with Crippen LogP contribution >= 0.6 is 28.3 Å². The lowest BCUT2D eigenvalue weighted by atomic mass is 10.1. The second kappa shape index (κ2) is 8.88. The Kier molecular flexibility index (Phi) is 9.48. The van der Waals surface area contributed by atoms with E-state index in [4.69, 9.17) is 15.5 Å². The fourth-order valence-electron chi connectivity index (χ4n) is 0.893. The molecule has 96 valence electrons. The van der Waals surface area contributed by atoms with Gasteiger partial charge in [-0.1, -0.05) is 21.1 Å². The zero-order valence-corrected chi connectivity index (χ0v) is 10.6. The predicted octanol–water partition coefficient (Wildman–Crippen LogP) is 1.61. The van der Waals surface area contributed by atoms with Crippen molar-refractivity contribution in [1.29, 1.82) is 0 Å². The van der Waals surface area contributed by atoms with Crippen molar-refractivity contribution in [2.45, 2.75) is 0 Å². The second-order valence-electron chi connectivity index (χ2n) is 2.38. The highest BCUT2D eigenvalue weighted by atomic mass is 79.9. The van der Waals surface area contributed by atoms with Gasteiger partial charge in [-0.3, -0.25) is 0 Å². The third kappa shape index (κ3) is 5.09. The molecule has 0 saturated carbocycles. The van der Waals surface area contributed by atoms with E-state index in [0.717, 1.165) is 6.07 Å². The number of rotatable bonds is 2. The number of halogens is 3. The Hall–Kier alpha value is -1.22. The van der Waals surface area contributed by atoms with Gasteiger partial charge in [0.15, 0.2) is 5.71 Å². The normalized spacial score (nSPS) is 9.76. The first-order valence-corrected chi connectivity index (χ1v) is 4.52. The summed E-state index contributed by atoms with van der Waals surface area (Å²) in [6.07, 6.45) is 0. The largest absolute Gasteiger partial charge is 0.476 e. The lowest BCUT2D eigenvalue weighted by molar-refractivity contribution is -0.129. The molecule has 1 rings (SSSR count). The Balaban J connectivity index is 0. The summed E-state index contributed by atoms with van der Waals surface area (Å²) in [5.41, 5.74) is -0.988. The third-order valence-corrected chi connectivity index (χ3v) is 1.98. The van der Waals surface area contributed by atoms with Crippen molar-refractivity contribution in [2.75, 3.05) is 0 Å². The molecule has 0 aliphatic heterocycles. The van der Waals surface area contributed by atoms with Crippen LogP contribution in [0.5, 0.6) is 0 Å². The molecule has 0 spiro atoms. The van der Waals surface area contributed by atoms with E-state index in [1.54, 1.807) is 0 Å². The molecule has 0 amide bonds. The minimum atomic E-state index is -1.49. The SMILES string of the molecule is Cl.NO.O=C(O)C(=NO)c1ccc(Br)cc1F. The van der Waals surface area contributed by atoms with Crippen LogP contribution in [0.1, 0.15) is 5.56 Å². The van der Waals surface area contributed by atoms with Gasteiger partial charge in [-0.25, -0.2) is 15.1 Å². The molecule has 9 heteroatoms. The van der Waals surface area contributed by atoms with E-state index in [9.17, 15) is 9.18 Å². The molecule has 0 atom stereocenters. The topological polar surface area (TPSA) is 116 Å². The van der Waals surface area contributed by atoms with Crippen molar-refractivity contribution in [3.05, 3.63) is 34.1 Å². The van der Waals surface area contributed by atoms with Crippen molar-refractivity contribution < 1.29 is 24.7 Å². The van der Waals surface area contributed by atoms with Gasteiger partial charge in [0.05, 0.1) is 0 Å². The van der Waals surface area contributed by atoms with Crippen LogP contribution in [0, 0.1) is 5.82 Å². The van der Waals surface area contributed by atoms with Crippen LogP contribution in [0.2, 0.25) is 0 Å². The summed E-state index contributed by atoms with van der Waals surface area (Å²) in [6, 6.07) is 3.75. The molecule has 0 aromatic heterocycles. The van der Waals surface area contributed by atoms with Gasteiger partial charge in [0, 0.05) is 10.0 Å². The molecule has 0 saturated heterocycles. The maximum atomic E-state index is 13.2. The summed E-state index contributed by atoms with van der Waals surface area (Å²) in [7, 11) is 0. The number of aliphatic carboxylic acids is 1. The van der Waals surface area contributed by atoms with Gasteiger partial charge in [-0.05, 0) is 18.2 Å². The minimum Gasteiger partial charge on any atom is -0.476 e. The van der Waals surface area contributed by atoms with Crippen LogP contribution in [0.3, 0.4) is 0 Å². The molecule has 0 aliphatic carbocycles. The highest BCUT2D eigenvalue weighted by molar-refractivity contribution is 9.10. The van der Waals surface area contributed by atoms with Crippen LogP contribution in [-0.2, 0) is 4.79 Å². The summed E-state index contributed by atoms with van der Waals surface area (Å²) < 4.78 is 13.6. The maximum Gasteiger partial charge on any atom is 0.358 e. The van der Waals surface area contributed by atoms with Gasteiger partial charge in [0.1, 0.15) is 5.82 Å². The third-order valence-electron chi connectivity index (χ3n) is 1.49. The average Bonchev–Trinajstić information content (AvgIpc) is 2.24. The molecule has 5 N–H and O–H groups in total. The Bertz CT molecular complexity index is 417. The molecule has 0 fully saturated rings. The van der Waals surface area contributed by atoms with Gasteiger partial charge < -0.3 is 15.5 Å². The Morgan fingerprint density at radius 2 is 1.94 bits per heavy atom. The van der Waals surface area contributed by atoms with E-state index in [1.165, 1.54) is 12.1 Å². The van der Waals surface area contributed by atoms with Gasteiger partial charge in [0.2, 0.25) is 0 Å². The van der Waals surface area contributed by atoms with Crippen molar-refractivity contribution in [3.63, 3.8) is 0 Å². The summed E-state index contributed by atoms with van der Waals surface area (Å²) in [6.45, 7) is 0. The molecule has 17 heavy (non-hydrogen) atoms. The first-order valence-electron chi connectivity index (χ1n) is 3.73. The van der Waals surface area contributed by atoms with Crippen molar-refractivity contribution in [2.24, 2.45) is 11.1 Å². The van der Waals surface area contributed by atoms with E-state index in [1.807, 2.05) is 0 Å². The van der Waals surface area contributed by atoms with Gasteiger partial charge in [-0.15, -0.1) is 12.4 Å². The molecular weight excluding hydrogens is 322 g/mol. The summed E-state index contributed by atoms with van der Waals surface area (Å²) in [5, 5.41) is 25.9. The zero-order chi connectivity index (χ0) is 12.7. The standard InChI is InChI=1S/C8H5BrFNO3.ClH.H3NO/c9-4-1-2-5(6(10)3-4)7(11-14)8(12)13;;1-2/h1-3,14H,(H,12,13);1H;2H,1H2. The molecule has 0 aliphatic rings. The Labute approximate surface area is 110 Å². The van der Waals surface area contributed by atoms with Crippen LogP contribution in [0.4, 0.5) is 4.39 Å². The van der Waals surface area contributed by atoms with Crippen LogP contribution in [0.25, 0.3) is 0 Å². The number of hydrogen-bond acceptors (Lipinski definition) is 5. The molecule has 6 nitrogen and oxygen atoms in total. The quantitative estimate of drug-likeness (QED) is 0.373. The first-order chi connectivity index (χ1) is 7.56. The molecule has 1 aromatic carbocycles. The maximum absolute atomic E-state index is 13.2. The summed E-state index contributed by atoms with van der Waals surface area (Å²) in [4.78, 5) is 10.5. The van der Waals surface area contributed by atoms with Crippen LogP contribution in [0.15, 0.2) is 27.8 Å². The molecular formula is C8H9BrClFN2O4. The molecule has 0 bridgehead atoms. The smallest absolute Gasteiger partial charge is 0.358 e. The minimum absolute atomic E-state index is 0. The summed E-state index contributed by atoms with van der Waals surface area (Å²) >= 11 is 3.01. The highest BCUT2D eigenvalue weighted by Crippen LogP contribution is 2.16. The fourth-order valence-corrected chi connectivity index (χ4v) is 1.23. The molecule has 0 radical (unpaired) electrons. The number of nitrogens with two attached hydrogens (primary N) is 1. The highest BCUT2D eigenvalue weighted by Gasteiger charge is 2.17. The van der Waals surface area contributed by atoms with Crippen LogP contribution in [-0.4, -0.2) is 27.2 Å².